The Bertz CT molecular complexity index is 854. The highest BCUT2D eigenvalue weighted by Crippen LogP contribution is 2.29. The molecule has 2 heterocycles. The molecular weight excluding hydrogens is 327 g/mol. The summed E-state index contributed by atoms with van der Waals surface area (Å²) >= 11 is 0. The van der Waals surface area contributed by atoms with Crippen molar-refractivity contribution in [3.05, 3.63) is 61.2 Å². The summed E-state index contributed by atoms with van der Waals surface area (Å²) in [5.74, 6) is 0.398. The lowest BCUT2D eigenvalue weighted by molar-refractivity contribution is 0.171. The molecule has 0 aliphatic rings. The summed E-state index contributed by atoms with van der Waals surface area (Å²) in [5.41, 5.74) is 2.77. The third kappa shape index (κ3) is 4.31. The van der Waals surface area contributed by atoms with Crippen molar-refractivity contribution in [1.29, 1.82) is 0 Å². The Morgan fingerprint density at radius 2 is 2.15 bits per heavy atom. The number of fused-ring (bicyclic) bond motifs is 1. The number of aromatic amines is 1. The van der Waals surface area contributed by atoms with Crippen LogP contribution < -0.4 is 4.74 Å². The molecule has 3 nitrogen and oxygen atoms in total. The zero-order chi connectivity index (χ0) is 18.4. The molecule has 0 aliphatic heterocycles. The lowest BCUT2D eigenvalue weighted by Gasteiger charge is -2.17. The van der Waals surface area contributed by atoms with Crippen LogP contribution in [0, 0.1) is 5.82 Å². The number of rotatable bonds is 9. The summed E-state index contributed by atoms with van der Waals surface area (Å²) in [6, 6.07) is 8.67. The number of allylic oxidation sites excluding steroid dienone is 1. The summed E-state index contributed by atoms with van der Waals surface area (Å²) in [6.07, 6.45) is 11.0. The van der Waals surface area contributed by atoms with Crippen LogP contribution in [0.1, 0.15) is 39.0 Å². The molecule has 1 atom stereocenters. The van der Waals surface area contributed by atoms with Crippen LogP contribution in [0.3, 0.4) is 0 Å². The Balaban J connectivity index is 1.75. The zero-order valence-corrected chi connectivity index (χ0v) is 15.2. The van der Waals surface area contributed by atoms with Crippen LogP contribution in [0.25, 0.3) is 22.0 Å². The van der Waals surface area contributed by atoms with Crippen LogP contribution in [-0.2, 0) is 0 Å². The van der Waals surface area contributed by atoms with Crippen LogP contribution in [-0.4, -0.2) is 16.1 Å². The van der Waals surface area contributed by atoms with Crippen molar-refractivity contribution >= 4 is 10.9 Å². The molecule has 4 heteroatoms. The lowest BCUT2D eigenvalue weighted by Crippen LogP contribution is -2.16. The minimum absolute atomic E-state index is 0.169. The van der Waals surface area contributed by atoms with Crippen LogP contribution in [0.15, 0.2) is 55.4 Å². The monoisotopic (exact) mass is 352 g/mol. The summed E-state index contributed by atoms with van der Waals surface area (Å²) in [6.45, 7) is 5.98. The maximum absolute atomic E-state index is 13.3. The normalized spacial score (nSPS) is 12.2. The number of nitrogens with one attached hydrogen (secondary N) is 1. The fraction of sp³-hybridized carbons (Fsp3) is 0.318. The summed E-state index contributed by atoms with van der Waals surface area (Å²) in [7, 11) is 0. The Morgan fingerprint density at radius 3 is 2.88 bits per heavy atom. The average molecular weight is 352 g/mol. The number of hydrogen-bond acceptors (Lipinski definition) is 2. The first-order chi connectivity index (χ1) is 12.7. The quantitative estimate of drug-likeness (QED) is 0.461. The second-order valence-corrected chi connectivity index (χ2v) is 6.53. The molecule has 3 rings (SSSR count). The molecule has 0 bridgehead atoms. The molecule has 1 aromatic carbocycles. The van der Waals surface area contributed by atoms with E-state index in [2.05, 4.69) is 23.5 Å². The number of nitrogens with zero attached hydrogens (tertiary/aromatic N) is 1. The van der Waals surface area contributed by atoms with Crippen molar-refractivity contribution in [3.63, 3.8) is 0 Å². The van der Waals surface area contributed by atoms with Crippen molar-refractivity contribution in [1.82, 2.24) is 9.97 Å². The van der Waals surface area contributed by atoms with Gasteiger partial charge in [-0.05, 0) is 43.5 Å². The predicted molar refractivity (Wildman–Crippen MR) is 105 cm³/mol. The largest absolute Gasteiger partial charge is 0.474 e. The number of benzene rings is 1. The van der Waals surface area contributed by atoms with Gasteiger partial charge in [0.05, 0.1) is 0 Å². The van der Waals surface area contributed by atoms with Gasteiger partial charge in [0.2, 0.25) is 5.88 Å². The number of pyridine rings is 1. The Labute approximate surface area is 153 Å². The van der Waals surface area contributed by atoms with Gasteiger partial charge in [0.1, 0.15) is 11.9 Å². The van der Waals surface area contributed by atoms with Crippen molar-refractivity contribution in [2.45, 2.75) is 45.1 Å². The van der Waals surface area contributed by atoms with E-state index in [0.717, 1.165) is 54.1 Å². The van der Waals surface area contributed by atoms with Gasteiger partial charge >= 0.3 is 0 Å². The molecule has 1 N–H and O–H groups in total. The SMILES string of the molecule is C=CCCC(CCCC)Oc1ccc(-c2c[nH]c3cc(F)ccc23)cn1. The number of unbranched alkanes of at least 4 members (excludes halogenated alkanes) is 1. The first kappa shape index (κ1) is 18.2. The van der Waals surface area contributed by atoms with Crippen molar-refractivity contribution in [2.24, 2.45) is 0 Å². The number of aromatic nitrogens is 2. The minimum Gasteiger partial charge on any atom is -0.474 e. The van der Waals surface area contributed by atoms with Gasteiger partial charge in [-0.15, -0.1) is 6.58 Å². The van der Waals surface area contributed by atoms with Gasteiger partial charge in [0, 0.05) is 40.5 Å². The summed E-state index contributed by atoms with van der Waals surface area (Å²) in [4.78, 5) is 7.59. The van der Waals surface area contributed by atoms with Crippen molar-refractivity contribution in [2.75, 3.05) is 0 Å². The van der Waals surface area contributed by atoms with E-state index in [4.69, 9.17) is 4.74 Å². The lowest BCUT2D eigenvalue weighted by atomic mass is 10.1. The van der Waals surface area contributed by atoms with Crippen LogP contribution in [0.4, 0.5) is 4.39 Å². The molecule has 0 fully saturated rings. The van der Waals surface area contributed by atoms with E-state index < -0.39 is 0 Å². The molecule has 0 radical (unpaired) electrons. The molecule has 0 saturated heterocycles. The third-order valence-electron chi connectivity index (χ3n) is 4.55. The standard InChI is InChI=1S/C22H25FN2O/c1-3-5-7-18(8-6-4-2)26-22-12-9-16(14-25-22)20-15-24-21-13-17(23)10-11-19(20)21/h3,9-15,18,24H,1,4-8H2,2H3. The Kier molecular flexibility index (Phi) is 6.05. The highest BCUT2D eigenvalue weighted by molar-refractivity contribution is 5.95. The summed E-state index contributed by atoms with van der Waals surface area (Å²) < 4.78 is 19.4. The number of halogens is 1. The maximum Gasteiger partial charge on any atom is 0.213 e. The van der Waals surface area contributed by atoms with E-state index in [-0.39, 0.29) is 11.9 Å². The fourth-order valence-corrected chi connectivity index (χ4v) is 3.12. The highest BCUT2D eigenvalue weighted by Gasteiger charge is 2.12. The van der Waals surface area contributed by atoms with Crippen molar-refractivity contribution < 1.29 is 9.13 Å². The zero-order valence-electron chi connectivity index (χ0n) is 15.2. The molecule has 0 aliphatic carbocycles. The van der Waals surface area contributed by atoms with Gasteiger partial charge in [0.15, 0.2) is 0 Å². The number of ether oxygens (including phenoxy) is 1. The van der Waals surface area contributed by atoms with Gasteiger partial charge in [-0.25, -0.2) is 9.37 Å². The topological polar surface area (TPSA) is 37.9 Å². The number of H-pyrrole nitrogens is 1. The first-order valence-corrected chi connectivity index (χ1v) is 9.22. The van der Waals surface area contributed by atoms with Gasteiger partial charge in [-0.1, -0.05) is 25.8 Å². The molecule has 2 aromatic heterocycles. The van der Waals surface area contributed by atoms with Crippen LogP contribution in [0.5, 0.6) is 5.88 Å². The highest BCUT2D eigenvalue weighted by atomic mass is 19.1. The van der Waals surface area contributed by atoms with E-state index in [1.807, 2.05) is 30.6 Å². The third-order valence-corrected chi connectivity index (χ3v) is 4.55. The smallest absolute Gasteiger partial charge is 0.213 e. The van der Waals surface area contributed by atoms with Gasteiger partial charge in [-0.2, -0.15) is 0 Å². The molecule has 136 valence electrons. The Hall–Kier alpha value is -2.62. The van der Waals surface area contributed by atoms with E-state index in [1.165, 1.54) is 12.1 Å². The van der Waals surface area contributed by atoms with Crippen LogP contribution in [0.2, 0.25) is 0 Å². The molecule has 3 aromatic rings. The van der Waals surface area contributed by atoms with E-state index in [9.17, 15) is 4.39 Å². The maximum atomic E-state index is 13.3. The average Bonchev–Trinajstić information content (AvgIpc) is 3.07. The molecule has 26 heavy (non-hydrogen) atoms. The molecule has 1 unspecified atom stereocenters. The van der Waals surface area contributed by atoms with Gasteiger partial charge in [0.25, 0.3) is 0 Å². The van der Waals surface area contributed by atoms with Gasteiger partial charge in [-0.3, -0.25) is 0 Å². The second-order valence-electron chi connectivity index (χ2n) is 6.53. The Morgan fingerprint density at radius 1 is 1.27 bits per heavy atom. The van der Waals surface area contributed by atoms with Gasteiger partial charge < -0.3 is 9.72 Å². The molecule has 0 spiro atoms. The second kappa shape index (κ2) is 8.65. The molecule has 0 amide bonds. The molecular formula is C22H25FN2O. The fourth-order valence-electron chi connectivity index (χ4n) is 3.12. The van der Waals surface area contributed by atoms with E-state index >= 15 is 0 Å². The van der Waals surface area contributed by atoms with Crippen LogP contribution >= 0.6 is 0 Å². The predicted octanol–water partition coefficient (Wildman–Crippen LogP) is 6.27. The molecule has 0 saturated carbocycles. The summed E-state index contributed by atoms with van der Waals surface area (Å²) in [5, 5.41) is 0.980. The van der Waals surface area contributed by atoms with Crippen molar-refractivity contribution in [3.8, 4) is 17.0 Å². The van der Waals surface area contributed by atoms with E-state index in [1.54, 1.807) is 6.07 Å². The van der Waals surface area contributed by atoms with E-state index in [0.29, 0.717) is 5.88 Å². The minimum atomic E-state index is -0.245. The first-order valence-electron chi connectivity index (χ1n) is 9.22. The number of hydrogen-bond donors (Lipinski definition) is 1.